The van der Waals surface area contributed by atoms with Gasteiger partial charge < -0.3 is 5.73 Å². The van der Waals surface area contributed by atoms with E-state index in [1.54, 1.807) is 0 Å². The topological polar surface area (TPSA) is 49.6 Å². The van der Waals surface area contributed by atoms with Gasteiger partial charge in [-0.15, -0.1) is 0 Å². The molecule has 0 aromatic heterocycles. The highest BCUT2D eigenvalue weighted by Crippen LogP contribution is 2.19. The second kappa shape index (κ2) is 7.25. The van der Waals surface area contributed by atoms with Crippen LogP contribution in [0.4, 0.5) is 0 Å². The summed E-state index contributed by atoms with van der Waals surface area (Å²) in [6, 6.07) is 0.515. The molecule has 2 aliphatic heterocycles. The highest BCUT2D eigenvalue weighted by atomic mass is 16.1. The van der Waals surface area contributed by atoms with Gasteiger partial charge >= 0.3 is 0 Å². The normalized spacial score (nSPS) is 28.8. The van der Waals surface area contributed by atoms with Gasteiger partial charge in [-0.05, 0) is 52.2 Å². The van der Waals surface area contributed by atoms with Gasteiger partial charge in [0.2, 0.25) is 5.91 Å². The fraction of sp³-hybridized carbons (Fsp3) is 0.933. The molecule has 0 bridgehead atoms. The zero-order valence-corrected chi connectivity index (χ0v) is 12.3. The zero-order valence-electron chi connectivity index (χ0n) is 12.3. The van der Waals surface area contributed by atoms with Gasteiger partial charge in [0.1, 0.15) is 0 Å². The Hall–Kier alpha value is -0.610. The minimum Gasteiger partial charge on any atom is -0.368 e. The lowest BCUT2D eigenvalue weighted by atomic mass is 10.0. The second-order valence-corrected chi connectivity index (χ2v) is 6.21. The lowest BCUT2D eigenvalue weighted by Gasteiger charge is -2.38. The van der Waals surface area contributed by atoms with Crippen molar-refractivity contribution in [3.05, 3.63) is 0 Å². The molecule has 4 heteroatoms. The number of likely N-dealkylation sites (tertiary alicyclic amines) is 2. The smallest absolute Gasteiger partial charge is 0.234 e. The second-order valence-electron chi connectivity index (χ2n) is 6.21. The Labute approximate surface area is 117 Å². The van der Waals surface area contributed by atoms with Crippen molar-refractivity contribution in [3.63, 3.8) is 0 Å². The van der Waals surface area contributed by atoms with Crippen molar-refractivity contribution in [2.75, 3.05) is 26.2 Å². The van der Waals surface area contributed by atoms with Crippen LogP contribution in [-0.4, -0.2) is 54.0 Å². The molecular weight excluding hydrogens is 238 g/mol. The third kappa shape index (κ3) is 4.18. The van der Waals surface area contributed by atoms with E-state index in [1.165, 1.54) is 45.2 Å². The molecule has 0 aromatic rings. The maximum Gasteiger partial charge on any atom is 0.234 e. The van der Waals surface area contributed by atoms with Crippen LogP contribution in [0.25, 0.3) is 0 Å². The number of nitrogens with two attached hydrogens (primary N) is 1. The summed E-state index contributed by atoms with van der Waals surface area (Å²) in [6.45, 7) is 6.77. The molecular formula is C15H29N3O. The average Bonchev–Trinajstić information content (AvgIpc) is 2.68. The third-order valence-electron chi connectivity index (χ3n) is 4.70. The van der Waals surface area contributed by atoms with Gasteiger partial charge in [0.05, 0.1) is 6.04 Å². The van der Waals surface area contributed by atoms with Crippen molar-refractivity contribution in [2.45, 2.75) is 64.0 Å². The van der Waals surface area contributed by atoms with Gasteiger partial charge in [0, 0.05) is 12.6 Å². The van der Waals surface area contributed by atoms with Crippen molar-refractivity contribution in [1.82, 2.24) is 9.80 Å². The Balaban J connectivity index is 1.88. The molecule has 0 radical (unpaired) electrons. The predicted molar refractivity (Wildman–Crippen MR) is 77.9 cm³/mol. The van der Waals surface area contributed by atoms with E-state index >= 15 is 0 Å². The van der Waals surface area contributed by atoms with E-state index in [0.717, 1.165) is 25.9 Å². The number of nitrogens with zero attached hydrogens (tertiary/aromatic N) is 2. The summed E-state index contributed by atoms with van der Waals surface area (Å²) < 4.78 is 0. The molecule has 2 rings (SSSR count). The Morgan fingerprint density at radius 2 is 1.74 bits per heavy atom. The highest BCUT2D eigenvalue weighted by Gasteiger charge is 2.29. The molecule has 2 aliphatic rings. The first-order chi connectivity index (χ1) is 9.18. The number of carbonyl (C=O) groups excluding carboxylic acids is 1. The van der Waals surface area contributed by atoms with Crippen LogP contribution < -0.4 is 5.73 Å². The largest absolute Gasteiger partial charge is 0.368 e. The standard InChI is InChI=1S/C15H29N3O/c1-13(17-9-5-2-3-6-10-17)12-18-11-7-4-8-14(18)15(16)19/h13-14H,2-12H2,1H3,(H2,16,19)/t13-,14?/m1/s1. The first-order valence-electron chi connectivity index (χ1n) is 7.96. The summed E-state index contributed by atoms with van der Waals surface area (Å²) in [5.74, 6) is -0.136. The van der Waals surface area contributed by atoms with E-state index < -0.39 is 0 Å². The van der Waals surface area contributed by atoms with Crippen molar-refractivity contribution in [3.8, 4) is 0 Å². The van der Waals surface area contributed by atoms with E-state index in [4.69, 9.17) is 5.73 Å². The van der Waals surface area contributed by atoms with Gasteiger partial charge in [-0.2, -0.15) is 0 Å². The Morgan fingerprint density at radius 3 is 2.37 bits per heavy atom. The Bertz CT molecular complexity index is 287. The summed E-state index contributed by atoms with van der Waals surface area (Å²) in [7, 11) is 0. The first kappa shape index (κ1) is 14.8. The highest BCUT2D eigenvalue weighted by molar-refractivity contribution is 5.79. The van der Waals surface area contributed by atoms with Crippen LogP contribution >= 0.6 is 0 Å². The van der Waals surface area contributed by atoms with Crippen molar-refractivity contribution in [1.29, 1.82) is 0 Å². The monoisotopic (exact) mass is 267 g/mol. The number of rotatable bonds is 4. The Kier molecular flexibility index (Phi) is 5.64. The molecule has 2 saturated heterocycles. The quantitative estimate of drug-likeness (QED) is 0.841. The van der Waals surface area contributed by atoms with Gasteiger partial charge in [-0.1, -0.05) is 19.3 Å². The van der Waals surface area contributed by atoms with E-state index in [0.29, 0.717) is 6.04 Å². The summed E-state index contributed by atoms with van der Waals surface area (Å²) in [5.41, 5.74) is 5.54. The molecule has 2 fully saturated rings. The Morgan fingerprint density at radius 1 is 1.11 bits per heavy atom. The van der Waals surface area contributed by atoms with Crippen molar-refractivity contribution < 1.29 is 4.79 Å². The van der Waals surface area contributed by atoms with E-state index in [2.05, 4.69) is 16.7 Å². The summed E-state index contributed by atoms with van der Waals surface area (Å²) >= 11 is 0. The minimum atomic E-state index is -0.136. The van der Waals surface area contributed by atoms with Gasteiger partial charge in [0.15, 0.2) is 0 Å². The SMILES string of the molecule is C[C@H](CN1CCCCC1C(N)=O)N1CCCCCC1. The molecule has 0 aliphatic carbocycles. The van der Waals surface area contributed by atoms with Gasteiger partial charge in [-0.25, -0.2) is 0 Å². The van der Waals surface area contributed by atoms with Crippen LogP contribution in [0, 0.1) is 0 Å². The summed E-state index contributed by atoms with van der Waals surface area (Å²) in [5, 5.41) is 0. The molecule has 1 unspecified atom stereocenters. The van der Waals surface area contributed by atoms with E-state index in [1.807, 2.05) is 0 Å². The summed E-state index contributed by atoms with van der Waals surface area (Å²) in [4.78, 5) is 16.5. The van der Waals surface area contributed by atoms with Gasteiger partial charge in [-0.3, -0.25) is 14.6 Å². The van der Waals surface area contributed by atoms with E-state index in [9.17, 15) is 4.79 Å². The predicted octanol–water partition coefficient (Wildman–Crippen LogP) is 1.59. The van der Waals surface area contributed by atoms with Crippen LogP contribution in [-0.2, 0) is 4.79 Å². The van der Waals surface area contributed by atoms with Crippen LogP contribution in [0.15, 0.2) is 0 Å². The van der Waals surface area contributed by atoms with Crippen LogP contribution in [0.1, 0.15) is 51.9 Å². The molecule has 2 atom stereocenters. The van der Waals surface area contributed by atoms with Crippen LogP contribution in [0.2, 0.25) is 0 Å². The van der Waals surface area contributed by atoms with Gasteiger partial charge in [0.25, 0.3) is 0 Å². The number of carbonyl (C=O) groups is 1. The fourth-order valence-electron chi connectivity index (χ4n) is 3.52. The minimum absolute atomic E-state index is 0.0248. The molecule has 110 valence electrons. The fourth-order valence-corrected chi connectivity index (χ4v) is 3.52. The molecule has 0 aromatic carbocycles. The number of primary amides is 1. The molecule has 0 saturated carbocycles. The number of hydrogen-bond acceptors (Lipinski definition) is 3. The molecule has 4 nitrogen and oxygen atoms in total. The number of amides is 1. The average molecular weight is 267 g/mol. The molecule has 1 amide bonds. The van der Waals surface area contributed by atoms with Crippen LogP contribution in [0.3, 0.4) is 0 Å². The molecule has 2 N–H and O–H groups in total. The first-order valence-corrected chi connectivity index (χ1v) is 7.96. The number of hydrogen-bond donors (Lipinski definition) is 1. The maximum atomic E-state index is 11.5. The third-order valence-corrected chi connectivity index (χ3v) is 4.70. The van der Waals surface area contributed by atoms with Crippen molar-refractivity contribution in [2.24, 2.45) is 5.73 Å². The molecule has 0 spiro atoms. The summed E-state index contributed by atoms with van der Waals surface area (Å²) in [6.07, 6.45) is 8.68. The van der Waals surface area contributed by atoms with E-state index in [-0.39, 0.29) is 11.9 Å². The lowest BCUT2D eigenvalue weighted by molar-refractivity contribution is -0.124. The lowest BCUT2D eigenvalue weighted by Crippen LogP contribution is -2.52. The zero-order chi connectivity index (χ0) is 13.7. The number of piperidine rings is 1. The molecule has 19 heavy (non-hydrogen) atoms. The van der Waals surface area contributed by atoms with Crippen molar-refractivity contribution >= 4 is 5.91 Å². The molecule has 2 heterocycles. The maximum absolute atomic E-state index is 11.5. The van der Waals surface area contributed by atoms with Crippen LogP contribution in [0.5, 0.6) is 0 Å².